The smallest absolute Gasteiger partial charge is 0.323 e. The molecule has 0 spiro atoms. The summed E-state index contributed by atoms with van der Waals surface area (Å²) in [6, 6.07) is 18.8. The highest BCUT2D eigenvalue weighted by molar-refractivity contribution is 6.31. The maximum atomic E-state index is 12.0. The molecule has 238 valence electrons. The number of anilines is 4. The number of methoxy groups -OCH3 is 1. The monoisotopic (exact) mass is 656 g/mol. The molecule has 45 heavy (non-hydrogen) atoms. The zero-order valence-electron chi connectivity index (χ0n) is 24.9. The van der Waals surface area contributed by atoms with Crippen LogP contribution in [-0.4, -0.2) is 39.6 Å². The van der Waals surface area contributed by atoms with E-state index in [0.29, 0.717) is 22.1 Å². The lowest BCUT2D eigenvalue weighted by molar-refractivity contribution is 0.194. The average molecular weight is 658 g/mol. The summed E-state index contributed by atoms with van der Waals surface area (Å²) in [7, 11) is 1.53. The quantitative estimate of drug-likeness (QED) is 0.0937. The molecule has 2 unspecified atom stereocenters. The molecule has 0 aliphatic rings. The maximum Gasteiger partial charge on any atom is 0.323 e. The molecule has 0 aromatic heterocycles. The van der Waals surface area contributed by atoms with Crippen LogP contribution in [0.4, 0.5) is 32.3 Å². The number of phenolic OH excluding ortho intramolecular Hbond substituents is 2. The molecule has 0 aliphatic carbocycles. The summed E-state index contributed by atoms with van der Waals surface area (Å²) in [5, 5.41) is 50.3. The van der Waals surface area contributed by atoms with Crippen molar-refractivity contribution in [3.05, 3.63) is 99.5 Å². The summed E-state index contributed by atoms with van der Waals surface area (Å²) < 4.78 is 5.07. The third-order valence-corrected chi connectivity index (χ3v) is 6.76. The van der Waals surface area contributed by atoms with Gasteiger partial charge in [-0.25, -0.2) is 9.59 Å². The van der Waals surface area contributed by atoms with Crippen LogP contribution < -0.4 is 26.0 Å². The third-order valence-electron chi connectivity index (χ3n) is 6.33. The van der Waals surface area contributed by atoms with Gasteiger partial charge >= 0.3 is 12.1 Å². The van der Waals surface area contributed by atoms with Crippen molar-refractivity contribution in [2.24, 2.45) is 0 Å². The Bertz CT molecular complexity index is 1670. The first-order valence-electron chi connectivity index (χ1n) is 13.6. The van der Waals surface area contributed by atoms with Gasteiger partial charge in [-0.05, 0) is 68.8 Å². The fourth-order valence-electron chi connectivity index (χ4n) is 4.04. The largest absolute Gasteiger partial charge is 0.505 e. The number of benzene rings is 4. The van der Waals surface area contributed by atoms with Crippen LogP contribution in [0.5, 0.6) is 17.2 Å². The van der Waals surface area contributed by atoms with Crippen LogP contribution in [0.3, 0.4) is 0 Å². The molecule has 2 atom stereocenters. The molecule has 4 aromatic rings. The first-order chi connectivity index (χ1) is 21.3. The van der Waals surface area contributed by atoms with E-state index in [0.717, 1.165) is 5.56 Å². The van der Waals surface area contributed by atoms with Crippen molar-refractivity contribution >= 4 is 58.0 Å². The van der Waals surface area contributed by atoms with E-state index in [1.807, 2.05) is 25.1 Å². The van der Waals surface area contributed by atoms with Crippen LogP contribution in [0.2, 0.25) is 10.0 Å². The molecule has 8 N–H and O–H groups in total. The van der Waals surface area contributed by atoms with Gasteiger partial charge in [0.15, 0.2) is 0 Å². The highest BCUT2D eigenvalue weighted by Gasteiger charge is 2.17. The number of phenols is 2. The van der Waals surface area contributed by atoms with Gasteiger partial charge in [-0.15, -0.1) is 0 Å². The number of ether oxygens (including phenoxy) is 1. The van der Waals surface area contributed by atoms with E-state index in [-0.39, 0.29) is 39.0 Å². The Morgan fingerprint density at radius 1 is 0.689 bits per heavy atom. The van der Waals surface area contributed by atoms with Gasteiger partial charge in [0.05, 0.1) is 30.7 Å². The summed E-state index contributed by atoms with van der Waals surface area (Å²) in [6.45, 7) is 4.87. The summed E-state index contributed by atoms with van der Waals surface area (Å²) in [6.07, 6.45) is -1.82. The van der Waals surface area contributed by atoms with Crippen LogP contribution in [0.25, 0.3) is 0 Å². The number of hydrogen-bond acceptors (Lipinski definition) is 7. The van der Waals surface area contributed by atoms with Gasteiger partial charge in [0.25, 0.3) is 0 Å². The molecular weight excluding hydrogens is 623 g/mol. The molecular formula is C32H34Cl2N4O7. The van der Waals surface area contributed by atoms with E-state index in [1.165, 1.54) is 45.2 Å². The van der Waals surface area contributed by atoms with Crippen molar-refractivity contribution in [3.8, 4) is 17.2 Å². The number of amides is 4. The van der Waals surface area contributed by atoms with Crippen LogP contribution in [0, 0.1) is 6.92 Å². The number of aliphatic hydroxyl groups is 2. The van der Waals surface area contributed by atoms with Crippen molar-refractivity contribution in [1.29, 1.82) is 0 Å². The molecule has 0 saturated carbocycles. The molecule has 0 bridgehead atoms. The molecule has 0 heterocycles. The third kappa shape index (κ3) is 9.91. The van der Waals surface area contributed by atoms with Gasteiger partial charge in [0, 0.05) is 38.6 Å². The number of urea groups is 2. The maximum absolute atomic E-state index is 12.0. The van der Waals surface area contributed by atoms with E-state index in [2.05, 4.69) is 21.3 Å². The normalized spacial score (nSPS) is 11.7. The number of carbonyl (C=O) groups excluding carboxylic acids is 2. The van der Waals surface area contributed by atoms with Crippen molar-refractivity contribution in [3.63, 3.8) is 0 Å². The SMILES string of the molecule is COc1cccc(NC(=O)Nc2cc(Cl)cc(C(C)O)c2O)c1.Cc1ccccc1NC(=O)Nc1cc(Cl)cc(C(C)O)c1O. The number of hydrogen-bond donors (Lipinski definition) is 8. The van der Waals surface area contributed by atoms with Crippen molar-refractivity contribution in [2.75, 3.05) is 28.4 Å². The second-order valence-corrected chi connectivity index (χ2v) is 10.7. The Labute approximate surface area is 270 Å². The van der Waals surface area contributed by atoms with Crippen LogP contribution in [0.1, 0.15) is 42.7 Å². The molecule has 0 fully saturated rings. The Hall–Kier alpha value is -4.68. The van der Waals surface area contributed by atoms with Gasteiger partial charge in [-0.2, -0.15) is 0 Å². The topological polar surface area (TPSA) is 172 Å². The molecule has 0 radical (unpaired) electrons. The molecule has 4 rings (SSSR count). The van der Waals surface area contributed by atoms with Gasteiger partial charge in [0.2, 0.25) is 0 Å². The lowest BCUT2D eigenvalue weighted by atomic mass is 10.1. The molecule has 13 heteroatoms. The molecule has 4 amide bonds. The van der Waals surface area contributed by atoms with E-state index in [4.69, 9.17) is 27.9 Å². The van der Waals surface area contributed by atoms with Crippen molar-refractivity contribution in [1.82, 2.24) is 0 Å². The minimum absolute atomic E-state index is 0.105. The Balaban J connectivity index is 0.000000246. The average Bonchev–Trinajstić information content (AvgIpc) is 2.97. The van der Waals surface area contributed by atoms with Gasteiger partial charge in [-0.1, -0.05) is 47.5 Å². The zero-order valence-corrected chi connectivity index (χ0v) is 26.4. The number of aryl methyl sites for hydroxylation is 1. The van der Waals surface area contributed by atoms with E-state index in [9.17, 15) is 30.0 Å². The van der Waals surface area contributed by atoms with Crippen molar-refractivity contribution in [2.45, 2.75) is 33.0 Å². The first-order valence-corrected chi connectivity index (χ1v) is 14.3. The fourth-order valence-corrected chi connectivity index (χ4v) is 4.50. The highest BCUT2D eigenvalue weighted by atomic mass is 35.5. The molecule has 0 aliphatic heterocycles. The summed E-state index contributed by atoms with van der Waals surface area (Å²) in [5.41, 5.74) is 2.82. The van der Waals surface area contributed by atoms with E-state index in [1.54, 1.807) is 30.3 Å². The number of para-hydroxylation sites is 1. The van der Waals surface area contributed by atoms with Crippen LogP contribution in [0.15, 0.2) is 72.8 Å². The van der Waals surface area contributed by atoms with Crippen molar-refractivity contribution < 1.29 is 34.8 Å². The number of halogens is 2. The number of aliphatic hydroxyl groups excluding tert-OH is 2. The predicted molar refractivity (Wildman–Crippen MR) is 177 cm³/mol. The summed E-state index contributed by atoms with van der Waals surface area (Å²) >= 11 is 11.9. The van der Waals surface area contributed by atoms with Gasteiger partial charge < -0.3 is 46.4 Å². The Morgan fingerprint density at radius 3 is 1.67 bits per heavy atom. The lowest BCUT2D eigenvalue weighted by Gasteiger charge is -2.14. The van der Waals surface area contributed by atoms with E-state index < -0.39 is 24.3 Å². The highest BCUT2D eigenvalue weighted by Crippen LogP contribution is 2.36. The second kappa shape index (κ2) is 15.9. The van der Waals surface area contributed by atoms with Crippen LogP contribution in [-0.2, 0) is 0 Å². The number of nitrogens with one attached hydrogen (secondary N) is 4. The molecule has 0 saturated heterocycles. The van der Waals surface area contributed by atoms with Gasteiger partial charge in [0.1, 0.15) is 17.2 Å². The number of carbonyl (C=O) groups is 2. The van der Waals surface area contributed by atoms with E-state index >= 15 is 0 Å². The number of rotatable bonds is 7. The minimum atomic E-state index is -0.921. The first kappa shape index (κ1) is 34.8. The molecule has 4 aromatic carbocycles. The molecule has 11 nitrogen and oxygen atoms in total. The Kier molecular flexibility index (Phi) is 12.3. The summed E-state index contributed by atoms with van der Waals surface area (Å²) in [4.78, 5) is 24.1. The van der Waals surface area contributed by atoms with Gasteiger partial charge in [-0.3, -0.25) is 0 Å². The lowest BCUT2D eigenvalue weighted by Crippen LogP contribution is -2.20. The summed E-state index contributed by atoms with van der Waals surface area (Å²) in [5.74, 6) is 0.161. The minimum Gasteiger partial charge on any atom is -0.505 e. The number of aromatic hydroxyl groups is 2. The standard InChI is InChI=1S/C16H17ClN2O4.C16H17ClN2O3/c1-9(20)13-6-10(17)7-14(15(13)21)19-16(22)18-11-4-3-5-12(8-11)23-2;1-9-5-3-4-6-13(9)18-16(22)19-14-8-11(17)7-12(10(2)20)15(14)21/h3-9,20-21H,1-2H3,(H2,18,19,22);3-8,10,20-21H,1-2H3,(H2,18,19,22). The second-order valence-electron chi connectivity index (χ2n) is 9.84. The Morgan fingerprint density at radius 2 is 1.18 bits per heavy atom. The van der Waals surface area contributed by atoms with Crippen LogP contribution >= 0.6 is 23.2 Å². The fraction of sp³-hybridized carbons (Fsp3) is 0.188. The zero-order chi connectivity index (χ0) is 33.3. The predicted octanol–water partition coefficient (Wildman–Crippen LogP) is 7.80.